The van der Waals surface area contributed by atoms with Crippen molar-refractivity contribution < 1.29 is 9.84 Å². The summed E-state index contributed by atoms with van der Waals surface area (Å²) in [5.41, 5.74) is 2.38. The minimum absolute atomic E-state index is 0.0880. The van der Waals surface area contributed by atoms with Gasteiger partial charge in [-0.2, -0.15) is 0 Å². The zero-order valence-corrected chi connectivity index (χ0v) is 13.7. The fraction of sp³-hybridized carbons (Fsp3) is 0.294. The number of rotatable bonds is 6. The summed E-state index contributed by atoms with van der Waals surface area (Å²) in [7, 11) is 1.60. The molecule has 0 saturated heterocycles. The van der Waals surface area contributed by atoms with Crippen LogP contribution in [0.3, 0.4) is 0 Å². The Morgan fingerprint density at radius 3 is 2.83 bits per heavy atom. The van der Waals surface area contributed by atoms with E-state index in [-0.39, 0.29) is 6.61 Å². The molecule has 3 heterocycles. The summed E-state index contributed by atoms with van der Waals surface area (Å²) in [6.07, 6.45) is 3.97. The second kappa shape index (κ2) is 7.18. The Hall–Kier alpha value is -2.80. The number of pyridine rings is 2. The summed E-state index contributed by atoms with van der Waals surface area (Å²) in [6, 6.07) is 7.53. The molecule has 0 atom stereocenters. The van der Waals surface area contributed by atoms with E-state index in [9.17, 15) is 0 Å². The summed E-state index contributed by atoms with van der Waals surface area (Å²) >= 11 is 0. The lowest BCUT2D eigenvalue weighted by Crippen LogP contribution is -2.05. The van der Waals surface area contributed by atoms with Gasteiger partial charge in [0.1, 0.15) is 11.4 Å². The SMILES string of the molecule is COc1cnc(C)cc1-c1nc(-c2ccccn2)nn1CCCO. The van der Waals surface area contributed by atoms with Crippen LogP contribution in [0.15, 0.2) is 36.7 Å². The first kappa shape index (κ1) is 16.1. The third-order valence-corrected chi connectivity index (χ3v) is 3.56. The van der Waals surface area contributed by atoms with Crippen molar-refractivity contribution in [2.75, 3.05) is 13.7 Å². The van der Waals surface area contributed by atoms with Crippen molar-refractivity contribution in [3.63, 3.8) is 0 Å². The Bertz CT molecular complexity index is 817. The van der Waals surface area contributed by atoms with Gasteiger partial charge < -0.3 is 9.84 Å². The fourth-order valence-electron chi connectivity index (χ4n) is 2.41. The molecule has 0 aliphatic heterocycles. The minimum atomic E-state index is 0.0880. The molecule has 0 aliphatic carbocycles. The summed E-state index contributed by atoms with van der Waals surface area (Å²) in [5, 5.41) is 13.7. The van der Waals surface area contributed by atoms with Crippen LogP contribution >= 0.6 is 0 Å². The molecule has 0 amide bonds. The van der Waals surface area contributed by atoms with E-state index in [0.29, 0.717) is 36.1 Å². The third-order valence-electron chi connectivity index (χ3n) is 3.56. The molecule has 0 spiro atoms. The van der Waals surface area contributed by atoms with Gasteiger partial charge >= 0.3 is 0 Å². The van der Waals surface area contributed by atoms with Gasteiger partial charge in [-0.25, -0.2) is 9.67 Å². The Labute approximate surface area is 140 Å². The molecule has 3 rings (SSSR count). The van der Waals surface area contributed by atoms with Crippen molar-refractivity contribution >= 4 is 0 Å². The molecule has 0 aromatic carbocycles. The molecule has 7 heteroatoms. The van der Waals surface area contributed by atoms with E-state index in [1.165, 1.54) is 0 Å². The number of ether oxygens (including phenoxy) is 1. The minimum Gasteiger partial charge on any atom is -0.494 e. The first-order valence-electron chi connectivity index (χ1n) is 7.71. The van der Waals surface area contributed by atoms with Crippen LogP contribution < -0.4 is 4.74 Å². The molecular formula is C17H19N5O2. The number of aryl methyl sites for hydroxylation is 2. The van der Waals surface area contributed by atoms with Crippen molar-refractivity contribution in [2.24, 2.45) is 0 Å². The molecule has 0 unspecified atom stereocenters. The smallest absolute Gasteiger partial charge is 0.200 e. The van der Waals surface area contributed by atoms with Crippen LogP contribution in [0.4, 0.5) is 0 Å². The molecule has 0 radical (unpaired) electrons. The van der Waals surface area contributed by atoms with Crippen LogP contribution in [0.5, 0.6) is 5.75 Å². The number of hydrogen-bond acceptors (Lipinski definition) is 6. The van der Waals surface area contributed by atoms with Gasteiger partial charge in [0.15, 0.2) is 11.6 Å². The molecule has 24 heavy (non-hydrogen) atoms. The predicted octanol–water partition coefficient (Wildman–Crippen LogP) is 2.10. The van der Waals surface area contributed by atoms with Crippen LogP contribution in [0.25, 0.3) is 22.9 Å². The van der Waals surface area contributed by atoms with Crippen LogP contribution in [-0.4, -0.2) is 43.6 Å². The lowest BCUT2D eigenvalue weighted by molar-refractivity contribution is 0.277. The van der Waals surface area contributed by atoms with Crippen molar-refractivity contribution in [2.45, 2.75) is 19.9 Å². The quantitative estimate of drug-likeness (QED) is 0.747. The van der Waals surface area contributed by atoms with E-state index < -0.39 is 0 Å². The van der Waals surface area contributed by atoms with E-state index in [1.807, 2.05) is 31.2 Å². The number of hydrogen-bond donors (Lipinski definition) is 1. The summed E-state index contributed by atoms with van der Waals surface area (Å²) in [5.74, 6) is 1.84. The van der Waals surface area contributed by atoms with Gasteiger partial charge in [0.2, 0.25) is 0 Å². The van der Waals surface area contributed by atoms with E-state index >= 15 is 0 Å². The van der Waals surface area contributed by atoms with E-state index in [4.69, 9.17) is 9.84 Å². The number of aliphatic hydroxyl groups excluding tert-OH is 1. The fourth-order valence-corrected chi connectivity index (χ4v) is 2.41. The third kappa shape index (κ3) is 3.26. The first-order valence-corrected chi connectivity index (χ1v) is 7.71. The second-order valence-electron chi connectivity index (χ2n) is 5.30. The molecule has 0 fully saturated rings. The average Bonchev–Trinajstić information content (AvgIpc) is 3.04. The van der Waals surface area contributed by atoms with Crippen LogP contribution in [-0.2, 0) is 6.54 Å². The Morgan fingerprint density at radius 2 is 2.12 bits per heavy atom. The van der Waals surface area contributed by atoms with Crippen LogP contribution in [0.1, 0.15) is 12.1 Å². The highest BCUT2D eigenvalue weighted by molar-refractivity contribution is 5.66. The Morgan fingerprint density at radius 1 is 1.25 bits per heavy atom. The van der Waals surface area contributed by atoms with Gasteiger partial charge in [-0.15, -0.1) is 5.10 Å². The molecule has 1 N–H and O–H groups in total. The van der Waals surface area contributed by atoms with Gasteiger partial charge in [-0.1, -0.05) is 6.07 Å². The van der Waals surface area contributed by atoms with Crippen molar-refractivity contribution in [3.05, 3.63) is 42.4 Å². The zero-order chi connectivity index (χ0) is 16.9. The number of aromatic nitrogens is 5. The predicted molar refractivity (Wildman–Crippen MR) is 89.5 cm³/mol. The molecule has 0 bridgehead atoms. The average molecular weight is 325 g/mol. The molecule has 124 valence electrons. The summed E-state index contributed by atoms with van der Waals surface area (Å²) in [4.78, 5) is 13.2. The number of methoxy groups -OCH3 is 1. The standard InChI is InChI=1S/C17H19N5O2/c1-12-10-13(15(24-2)11-19-12)17-20-16(14-6-3-4-7-18-14)21-22(17)8-5-9-23/h3-4,6-7,10-11,23H,5,8-9H2,1-2H3. The lowest BCUT2D eigenvalue weighted by atomic mass is 10.2. The van der Waals surface area contributed by atoms with Gasteiger partial charge in [-0.05, 0) is 31.5 Å². The van der Waals surface area contributed by atoms with E-state index in [2.05, 4.69) is 20.1 Å². The van der Waals surface area contributed by atoms with E-state index in [1.54, 1.807) is 24.2 Å². The summed E-state index contributed by atoms with van der Waals surface area (Å²) in [6.45, 7) is 2.55. The van der Waals surface area contributed by atoms with Crippen LogP contribution in [0.2, 0.25) is 0 Å². The zero-order valence-electron chi connectivity index (χ0n) is 13.7. The summed E-state index contributed by atoms with van der Waals surface area (Å²) < 4.78 is 7.20. The van der Waals surface area contributed by atoms with Gasteiger partial charge in [0.25, 0.3) is 0 Å². The van der Waals surface area contributed by atoms with Crippen molar-refractivity contribution in [3.8, 4) is 28.7 Å². The van der Waals surface area contributed by atoms with Crippen molar-refractivity contribution in [1.82, 2.24) is 24.7 Å². The lowest BCUT2D eigenvalue weighted by Gasteiger charge is -2.09. The van der Waals surface area contributed by atoms with Crippen molar-refractivity contribution in [1.29, 1.82) is 0 Å². The molecule has 0 aliphatic rings. The first-order chi connectivity index (χ1) is 11.7. The topological polar surface area (TPSA) is 86.0 Å². The maximum atomic E-state index is 9.15. The maximum absolute atomic E-state index is 9.15. The number of aliphatic hydroxyl groups is 1. The molecule has 3 aromatic heterocycles. The van der Waals surface area contributed by atoms with Gasteiger partial charge in [0.05, 0.1) is 18.9 Å². The second-order valence-corrected chi connectivity index (χ2v) is 5.30. The monoisotopic (exact) mass is 325 g/mol. The molecule has 7 nitrogen and oxygen atoms in total. The highest BCUT2D eigenvalue weighted by atomic mass is 16.5. The van der Waals surface area contributed by atoms with E-state index in [0.717, 1.165) is 11.3 Å². The largest absolute Gasteiger partial charge is 0.494 e. The maximum Gasteiger partial charge on any atom is 0.200 e. The van der Waals surface area contributed by atoms with Gasteiger partial charge in [-0.3, -0.25) is 9.97 Å². The Kier molecular flexibility index (Phi) is 4.81. The highest BCUT2D eigenvalue weighted by Gasteiger charge is 2.18. The molecular weight excluding hydrogens is 306 g/mol. The number of nitrogens with zero attached hydrogens (tertiary/aromatic N) is 5. The molecule has 0 saturated carbocycles. The molecule has 3 aromatic rings. The normalized spacial score (nSPS) is 10.8. The van der Waals surface area contributed by atoms with Crippen LogP contribution in [0, 0.1) is 6.92 Å². The Balaban J connectivity index is 2.12. The highest BCUT2D eigenvalue weighted by Crippen LogP contribution is 2.30. The van der Waals surface area contributed by atoms with Gasteiger partial charge in [0, 0.05) is 25.0 Å².